The molecule has 1 heterocycles. The van der Waals surface area contributed by atoms with Crippen LogP contribution < -0.4 is 0 Å². The van der Waals surface area contributed by atoms with E-state index >= 15 is 0 Å². The van der Waals surface area contributed by atoms with E-state index in [-0.39, 0.29) is 18.4 Å². The molecule has 5 heteroatoms. The van der Waals surface area contributed by atoms with Crippen LogP contribution in [0, 0.1) is 5.92 Å². The van der Waals surface area contributed by atoms with Crippen molar-refractivity contribution in [3.8, 4) is 0 Å². The van der Waals surface area contributed by atoms with Crippen molar-refractivity contribution in [3.63, 3.8) is 0 Å². The Kier molecular flexibility index (Phi) is 4.33. The van der Waals surface area contributed by atoms with E-state index in [1.54, 1.807) is 0 Å². The molecule has 0 radical (unpaired) electrons. The first-order valence-electron chi connectivity index (χ1n) is 6.76. The second kappa shape index (κ2) is 5.83. The maximum absolute atomic E-state index is 10.8. The van der Waals surface area contributed by atoms with E-state index in [1.165, 1.54) is 0 Å². The van der Waals surface area contributed by atoms with Gasteiger partial charge in [0.15, 0.2) is 0 Å². The normalized spacial score (nSPS) is 13.1. The van der Waals surface area contributed by atoms with Crippen LogP contribution in [0.25, 0.3) is 11.0 Å². The van der Waals surface area contributed by atoms with Crippen LogP contribution in [0.3, 0.4) is 0 Å². The highest BCUT2D eigenvalue weighted by atomic mass is 35.5. The number of imidazole rings is 1. The summed E-state index contributed by atoms with van der Waals surface area (Å²) in [4.78, 5) is 15.4. The van der Waals surface area contributed by atoms with E-state index in [0.717, 1.165) is 16.9 Å². The van der Waals surface area contributed by atoms with Crippen molar-refractivity contribution >= 4 is 28.6 Å². The van der Waals surface area contributed by atoms with Gasteiger partial charge in [0.25, 0.3) is 0 Å². The molecule has 2 aromatic rings. The molecule has 0 aliphatic carbocycles. The number of benzene rings is 1. The monoisotopic (exact) mass is 294 g/mol. The van der Waals surface area contributed by atoms with E-state index in [4.69, 9.17) is 16.7 Å². The van der Waals surface area contributed by atoms with E-state index < -0.39 is 5.97 Å². The van der Waals surface area contributed by atoms with Crippen LogP contribution in [0.1, 0.15) is 39.1 Å². The van der Waals surface area contributed by atoms with Crippen molar-refractivity contribution < 1.29 is 9.90 Å². The van der Waals surface area contributed by atoms with Crippen molar-refractivity contribution in [2.24, 2.45) is 5.92 Å². The van der Waals surface area contributed by atoms with Gasteiger partial charge in [0.1, 0.15) is 5.82 Å². The van der Waals surface area contributed by atoms with Crippen molar-refractivity contribution in [3.05, 3.63) is 29.0 Å². The molecule has 0 bridgehead atoms. The number of carboxylic acids is 1. The van der Waals surface area contributed by atoms with Gasteiger partial charge in [-0.15, -0.1) is 0 Å². The van der Waals surface area contributed by atoms with Crippen molar-refractivity contribution in [1.29, 1.82) is 0 Å². The average Bonchev–Trinajstić information content (AvgIpc) is 2.64. The number of aromatic nitrogens is 2. The maximum Gasteiger partial charge on any atom is 0.303 e. The Labute approximate surface area is 123 Å². The first-order chi connectivity index (χ1) is 9.38. The van der Waals surface area contributed by atoms with Crippen molar-refractivity contribution in [2.75, 3.05) is 0 Å². The molecule has 4 nitrogen and oxygen atoms in total. The predicted molar refractivity (Wildman–Crippen MR) is 80.2 cm³/mol. The van der Waals surface area contributed by atoms with Crippen LogP contribution in [0.2, 0.25) is 5.02 Å². The van der Waals surface area contributed by atoms with Gasteiger partial charge in [0.2, 0.25) is 0 Å². The molecule has 0 fully saturated rings. The Hall–Kier alpha value is -1.55. The summed E-state index contributed by atoms with van der Waals surface area (Å²) in [6.45, 7) is 6.13. The number of aliphatic carboxylic acids is 1. The number of carboxylic acid groups (broad SMARTS) is 1. The van der Waals surface area contributed by atoms with Gasteiger partial charge in [-0.2, -0.15) is 0 Å². The van der Waals surface area contributed by atoms with Crippen molar-refractivity contribution in [2.45, 2.75) is 39.7 Å². The second-order valence-electron chi connectivity index (χ2n) is 5.53. The highest BCUT2D eigenvalue weighted by Gasteiger charge is 2.17. The molecule has 0 saturated carbocycles. The molecule has 0 aliphatic heterocycles. The van der Waals surface area contributed by atoms with Crippen LogP contribution in [0.5, 0.6) is 0 Å². The maximum atomic E-state index is 10.8. The third kappa shape index (κ3) is 3.12. The summed E-state index contributed by atoms with van der Waals surface area (Å²) in [6.07, 6.45) is 0.804. The summed E-state index contributed by atoms with van der Waals surface area (Å²) < 4.78 is 2.16. The van der Waals surface area contributed by atoms with Gasteiger partial charge in [-0.05, 0) is 38.0 Å². The zero-order valence-corrected chi connectivity index (χ0v) is 12.7. The summed E-state index contributed by atoms with van der Waals surface area (Å²) in [5, 5.41) is 9.53. The van der Waals surface area contributed by atoms with Gasteiger partial charge in [-0.1, -0.05) is 18.5 Å². The number of nitrogens with zero attached hydrogens (tertiary/aromatic N) is 2. The summed E-state index contributed by atoms with van der Waals surface area (Å²) in [6, 6.07) is 5.94. The second-order valence-corrected chi connectivity index (χ2v) is 5.97. The highest BCUT2D eigenvalue weighted by Crippen LogP contribution is 2.25. The van der Waals surface area contributed by atoms with E-state index in [2.05, 4.69) is 23.4 Å². The molecule has 1 N–H and O–H groups in total. The molecular weight excluding hydrogens is 276 g/mol. The highest BCUT2D eigenvalue weighted by molar-refractivity contribution is 6.31. The summed E-state index contributed by atoms with van der Waals surface area (Å²) >= 11 is 6.01. The fourth-order valence-corrected chi connectivity index (χ4v) is 2.69. The standard InChI is InChI=1S/C15H19ClN2O2/c1-9(2)18-13-5-4-11(16)8-12(13)17-14(18)6-10(3)7-15(19)20/h4-5,8-10H,6-7H2,1-3H3,(H,19,20). The van der Waals surface area contributed by atoms with Crippen molar-refractivity contribution in [1.82, 2.24) is 9.55 Å². The molecule has 1 aromatic heterocycles. The SMILES string of the molecule is CC(CC(=O)O)Cc1nc2cc(Cl)ccc2n1C(C)C. The molecule has 1 unspecified atom stereocenters. The number of carbonyl (C=O) groups is 1. The smallest absolute Gasteiger partial charge is 0.303 e. The fourth-order valence-electron chi connectivity index (χ4n) is 2.52. The van der Waals surface area contributed by atoms with Gasteiger partial charge in [0.05, 0.1) is 11.0 Å². The molecule has 20 heavy (non-hydrogen) atoms. The Morgan fingerprint density at radius 2 is 2.10 bits per heavy atom. The molecule has 2 rings (SSSR count). The van der Waals surface area contributed by atoms with Crippen LogP contribution in [0.15, 0.2) is 18.2 Å². The summed E-state index contributed by atoms with van der Waals surface area (Å²) in [5.74, 6) is 0.205. The molecule has 1 aromatic carbocycles. The number of rotatable bonds is 5. The first-order valence-corrected chi connectivity index (χ1v) is 7.14. The third-order valence-electron chi connectivity index (χ3n) is 3.30. The zero-order valence-electron chi connectivity index (χ0n) is 11.9. The van der Waals surface area contributed by atoms with E-state index in [9.17, 15) is 4.79 Å². The minimum atomic E-state index is -0.771. The van der Waals surface area contributed by atoms with Gasteiger partial charge in [-0.25, -0.2) is 4.98 Å². The van der Waals surface area contributed by atoms with Gasteiger partial charge < -0.3 is 9.67 Å². The van der Waals surface area contributed by atoms with Crippen LogP contribution in [-0.4, -0.2) is 20.6 Å². The lowest BCUT2D eigenvalue weighted by molar-refractivity contribution is -0.137. The Balaban J connectivity index is 2.41. The molecule has 1 atom stereocenters. The number of fused-ring (bicyclic) bond motifs is 1. The Bertz CT molecular complexity index is 634. The quantitative estimate of drug-likeness (QED) is 0.909. The minimum absolute atomic E-state index is 0.0530. The average molecular weight is 295 g/mol. The minimum Gasteiger partial charge on any atom is -0.481 e. The molecular formula is C15H19ClN2O2. The Morgan fingerprint density at radius 1 is 1.40 bits per heavy atom. The zero-order chi connectivity index (χ0) is 14.9. The predicted octanol–water partition coefficient (Wildman–Crippen LogP) is 3.92. The number of hydrogen-bond donors (Lipinski definition) is 1. The molecule has 0 aliphatic rings. The molecule has 0 spiro atoms. The van der Waals surface area contributed by atoms with Gasteiger partial charge in [-0.3, -0.25) is 4.79 Å². The third-order valence-corrected chi connectivity index (χ3v) is 3.53. The Morgan fingerprint density at radius 3 is 2.70 bits per heavy atom. The number of hydrogen-bond acceptors (Lipinski definition) is 2. The summed E-state index contributed by atoms with van der Waals surface area (Å²) in [5.41, 5.74) is 1.91. The van der Waals surface area contributed by atoms with E-state index in [0.29, 0.717) is 11.4 Å². The largest absolute Gasteiger partial charge is 0.481 e. The van der Waals surface area contributed by atoms with Crippen LogP contribution >= 0.6 is 11.6 Å². The first kappa shape index (κ1) is 14.9. The molecule has 108 valence electrons. The van der Waals surface area contributed by atoms with E-state index in [1.807, 2.05) is 25.1 Å². The number of halogens is 1. The molecule has 0 amide bonds. The van der Waals surface area contributed by atoms with Crippen LogP contribution in [0.4, 0.5) is 0 Å². The van der Waals surface area contributed by atoms with Crippen LogP contribution in [-0.2, 0) is 11.2 Å². The van der Waals surface area contributed by atoms with Gasteiger partial charge >= 0.3 is 5.97 Å². The van der Waals surface area contributed by atoms with Gasteiger partial charge in [0, 0.05) is 23.9 Å². The lowest BCUT2D eigenvalue weighted by Gasteiger charge is -2.15. The lowest BCUT2D eigenvalue weighted by Crippen LogP contribution is -2.13. The topological polar surface area (TPSA) is 55.1 Å². The fraction of sp³-hybridized carbons (Fsp3) is 0.467. The lowest BCUT2D eigenvalue weighted by atomic mass is 10.0. The molecule has 0 saturated heterocycles. The summed E-state index contributed by atoms with van der Waals surface area (Å²) in [7, 11) is 0.